The van der Waals surface area contributed by atoms with Gasteiger partial charge in [0.2, 0.25) is 0 Å². The van der Waals surface area contributed by atoms with Gasteiger partial charge in [0.25, 0.3) is 0 Å². The maximum atomic E-state index is 6.24. The van der Waals surface area contributed by atoms with Crippen molar-refractivity contribution in [2.75, 3.05) is 5.32 Å². The number of benzene rings is 4. The van der Waals surface area contributed by atoms with E-state index in [9.17, 15) is 0 Å². The Hall–Kier alpha value is -2.97. The molecule has 28 heavy (non-hydrogen) atoms. The topological polar surface area (TPSA) is 21.3 Å². The average molecular weight is 388 g/mol. The van der Waals surface area contributed by atoms with Crippen LogP contribution in [-0.4, -0.2) is 0 Å². The SMILES string of the molecule is Cc1ccc(COc2ccc(Cl)cc2CNc2cccc3ccccc23)cc1. The lowest BCUT2D eigenvalue weighted by Crippen LogP contribution is -2.04. The first-order valence-corrected chi connectivity index (χ1v) is 9.75. The standard InChI is InChI=1S/C25H22ClNO/c1-18-9-11-19(12-10-18)17-28-25-14-13-22(26)15-21(25)16-27-24-8-4-6-20-5-2-3-7-23(20)24/h2-15,27H,16-17H2,1H3. The van der Waals surface area contributed by atoms with E-state index in [4.69, 9.17) is 16.3 Å². The number of fused-ring (bicyclic) bond motifs is 1. The number of halogens is 1. The fourth-order valence-electron chi connectivity index (χ4n) is 3.24. The van der Waals surface area contributed by atoms with Gasteiger partial charge in [0, 0.05) is 28.2 Å². The van der Waals surface area contributed by atoms with E-state index in [-0.39, 0.29) is 0 Å². The Morgan fingerprint density at radius 1 is 0.857 bits per heavy atom. The Balaban J connectivity index is 1.52. The summed E-state index contributed by atoms with van der Waals surface area (Å²) in [7, 11) is 0. The zero-order valence-electron chi connectivity index (χ0n) is 15.8. The molecule has 0 unspecified atom stereocenters. The number of hydrogen-bond donors (Lipinski definition) is 1. The first-order valence-electron chi connectivity index (χ1n) is 9.37. The van der Waals surface area contributed by atoms with Crippen LogP contribution >= 0.6 is 11.6 Å². The molecule has 140 valence electrons. The van der Waals surface area contributed by atoms with E-state index in [2.05, 4.69) is 79.0 Å². The zero-order chi connectivity index (χ0) is 19.3. The molecule has 0 aliphatic heterocycles. The predicted octanol–water partition coefficient (Wildman–Crippen LogP) is 6.99. The van der Waals surface area contributed by atoms with Crippen molar-refractivity contribution in [3.8, 4) is 5.75 Å². The van der Waals surface area contributed by atoms with E-state index >= 15 is 0 Å². The second-order valence-corrected chi connectivity index (χ2v) is 7.34. The lowest BCUT2D eigenvalue weighted by molar-refractivity contribution is 0.303. The fraction of sp³-hybridized carbons (Fsp3) is 0.120. The summed E-state index contributed by atoms with van der Waals surface area (Å²) in [6.45, 7) is 3.25. The highest BCUT2D eigenvalue weighted by Crippen LogP contribution is 2.27. The summed E-state index contributed by atoms with van der Waals surface area (Å²) in [5, 5.41) is 6.66. The first-order chi connectivity index (χ1) is 13.7. The van der Waals surface area contributed by atoms with Crippen molar-refractivity contribution >= 4 is 28.1 Å². The monoisotopic (exact) mass is 387 g/mol. The Labute approximate surface area is 170 Å². The summed E-state index contributed by atoms with van der Waals surface area (Å²) in [5.74, 6) is 0.845. The van der Waals surface area contributed by atoms with E-state index in [0.29, 0.717) is 18.2 Å². The fourth-order valence-corrected chi connectivity index (χ4v) is 3.44. The molecule has 0 saturated carbocycles. The van der Waals surface area contributed by atoms with Gasteiger partial charge in [-0.2, -0.15) is 0 Å². The summed E-state index contributed by atoms with van der Waals surface area (Å²) >= 11 is 6.24. The van der Waals surface area contributed by atoms with Crippen LogP contribution in [0, 0.1) is 6.92 Å². The second kappa shape index (κ2) is 8.37. The molecule has 0 saturated heterocycles. The molecule has 1 N–H and O–H groups in total. The molecule has 0 atom stereocenters. The Morgan fingerprint density at radius 2 is 1.64 bits per heavy atom. The van der Waals surface area contributed by atoms with E-state index in [1.165, 1.54) is 16.3 Å². The van der Waals surface area contributed by atoms with Crippen molar-refractivity contribution in [1.29, 1.82) is 0 Å². The minimum Gasteiger partial charge on any atom is -0.489 e. The molecule has 4 aromatic carbocycles. The largest absolute Gasteiger partial charge is 0.489 e. The Bertz CT molecular complexity index is 1080. The van der Waals surface area contributed by atoms with Gasteiger partial charge in [-0.1, -0.05) is 77.8 Å². The molecule has 0 fully saturated rings. The third-order valence-corrected chi connectivity index (χ3v) is 5.03. The minimum absolute atomic E-state index is 0.531. The molecule has 0 aromatic heterocycles. The predicted molar refractivity (Wildman–Crippen MR) is 118 cm³/mol. The zero-order valence-corrected chi connectivity index (χ0v) is 16.5. The number of aryl methyl sites for hydroxylation is 1. The lowest BCUT2D eigenvalue weighted by Gasteiger charge is -2.15. The summed E-state index contributed by atoms with van der Waals surface area (Å²) in [6.07, 6.45) is 0. The van der Waals surface area contributed by atoms with Crippen molar-refractivity contribution in [2.45, 2.75) is 20.1 Å². The molecular formula is C25H22ClNO. The van der Waals surface area contributed by atoms with Crippen LogP contribution in [0.4, 0.5) is 5.69 Å². The van der Waals surface area contributed by atoms with Crippen molar-refractivity contribution in [1.82, 2.24) is 0 Å². The number of nitrogens with one attached hydrogen (secondary N) is 1. The van der Waals surface area contributed by atoms with Crippen molar-refractivity contribution in [3.63, 3.8) is 0 Å². The van der Waals surface area contributed by atoms with Gasteiger partial charge in [-0.05, 0) is 42.1 Å². The van der Waals surface area contributed by atoms with Gasteiger partial charge in [0.1, 0.15) is 12.4 Å². The molecule has 3 heteroatoms. The van der Waals surface area contributed by atoms with Crippen LogP contribution in [0.1, 0.15) is 16.7 Å². The number of rotatable bonds is 6. The van der Waals surface area contributed by atoms with Crippen LogP contribution in [0.2, 0.25) is 5.02 Å². The van der Waals surface area contributed by atoms with Gasteiger partial charge in [-0.15, -0.1) is 0 Å². The molecule has 0 spiro atoms. The molecule has 2 nitrogen and oxygen atoms in total. The third kappa shape index (κ3) is 4.29. The van der Waals surface area contributed by atoms with Gasteiger partial charge >= 0.3 is 0 Å². The van der Waals surface area contributed by atoms with Gasteiger partial charge < -0.3 is 10.1 Å². The normalized spacial score (nSPS) is 10.8. The highest BCUT2D eigenvalue weighted by molar-refractivity contribution is 6.30. The molecular weight excluding hydrogens is 366 g/mol. The number of hydrogen-bond acceptors (Lipinski definition) is 2. The minimum atomic E-state index is 0.531. The average Bonchev–Trinajstić information content (AvgIpc) is 2.72. The van der Waals surface area contributed by atoms with Crippen LogP contribution < -0.4 is 10.1 Å². The van der Waals surface area contributed by atoms with Crippen molar-refractivity contribution < 1.29 is 4.74 Å². The Morgan fingerprint density at radius 3 is 2.50 bits per heavy atom. The molecule has 0 heterocycles. The quantitative estimate of drug-likeness (QED) is 0.384. The van der Waals surface area contributed by atoms with E-state index in [0.717, 1.165) is 22.6 Å². The van der Waals surface area contributed by atoms with Crippen LogP contribution in [-0.2, 0) is 13.2 Å². The maximum Gasteiger partial charge on any atom is 0.124 e. The van der Waals surface area contributed by atoms with Crippen LogP contribution in [0.25, 0.3) is 10.8 Å². The van der Waals surface area contributed by atoms with Gasteiger partial charge in [-0.25, -0.2) is 0 Å². The highest BCUT2D eigenvalue weighted by atomic mass is 35.5. The smallest absolute Gasteiger partial charge is 0.124 e. The molecule has 0 radical (unpaired) electrons. The van der Waals surface area contributed by atoms with Gasteiger partial charge in [-0.3, -0.25) is 0 Å². The van der Waals surface area contributed by atoms with Crippen LogP contribution in [0.5, 0.6) is 5.75 Å². The maximum absolute atomic E-state index is 6.24. The Kier molecular flexibility index (Phi) is 5.50. The van der Waals surface area contributed by atoms with Crippen molar-refractivity contribution in [2.24, 2.45) is 0 Å². The molecule has 0 bridgehead atoms. The molecule has 0 aliphatic carbocycles. The summed E-state index contributed by atoms with van der Waals surface area (Å²) in [6, 6.07) is 28.8. The lowest BCUT2D eigenvalue weighted by atomic mass is 10.1. The van der Waals surface area contributed by atoms with E-state index in [1.54, 1.807) is 0 Å². The molecule has 4 aromatic rings. The molecule has 4 rings (SSSR count). The van der Waals surface area contributed by atoms with E-state index < -0.39 is 0 Å². The summed E-state index contributed by atoms with van der Waals surface area (Å²) in [5.41, 5.74) is 4.53. The molecule has 0 amide bonds. The van der Waals surface area contributed by atoms with Crippen molar-refractivity contribution in [3.05, 3.63) is 107 Å². The first kappa shape index (κ1) is 18.4. The van der Waals surface area contributed by atoms with Crippen LogP contribution in [0.15, 0.2) is 84.9 Å². The second-order valence-electron chi connectivity index (χ2n) is 6.91. The highest BCUT2D eigenvalue weighted by Gasteiger charge is 2.07. The number of ether oxygens (including phenoxy) is 1. The van der Waals surface area contributed by atoms with Crippen LogP contribution in [0.3, 0.4) is 0 Å². The third-order valence-electron chi connectivity index (χ3n) is 4.80. The van der Waals surface area contributed by atoms with Gasteiger partial charge in [0.05, 0.1) is 0 Å². The van der Waals surface area contributed by atoms with Gasteiger partial charge in [0.15, 0.2) is 0 Å². The number of anilines is 1. The summed E-state index contributed by atoms with van der Waals surface area (Å²) in [4.78, 5) is 0. The van der Waals surface area contributed by atoms with E-state index in [1.807, 2.05) is 18.2 Å². The molecule has 0 aliphatic rings. The summed E-state index contributed by atoms with van der Waals surface area (Å²) < 4.78 is 6.10.